The van der Waals surface area contributed by atoms with Crippen LogP contribution in [0.25, 0.3) is 0 Å². The molecule has 98 heavy (non-hydrogen) atoms. The number of nitrogens with zero attached hydrogens (tertiary/aromatic N) is 10. The molecule has 0 spiro atoms. The van der Waals surface area contributed by atoms with E-state index in [4.69, 9.17) is 15.0 Å². The van der Waals surface area contributed by atoms with Crippen molar-refractivity contribution in [2.45, 2.75) is 78.6 Å². The highest BCUT2D eigenvalue weighted by molar-refractivity contribution is 7.00. The third-order valence-corrected chi connectivity index (χ3v) is 19.7. The SMILES string of the molecule is CC(C)(C)c1ccc(N(c2ccccc2)c2cc3c4c(c2)N(c2ccccc2)c2nc5c(cc2N4c2ccccc2N3c2ccc(C(C)(C)C)cc2)B2c3cnccc3N(c3ccc(C(C)(C)C)cc3)c3cc(N(c4ccccc4)c4ccccc4)nc(c32)N5c2ccccc2)cc1. The fourth-order valence-electron chi connectivity index (χ4n) is 14.9. The van der Waals surface area contributed by atoms with Crippen molar-refractivity contribution in [3.63, 3.8) is 0 Å². The van der Waals surface area contributed by atoms with Crippen LogP contribution in [0.5, 0.6) is 0 Å². The van der Waals surface area contributed by atoms with Gasteiger partial charge in [0.25, 0.3) is 6.71 Å². The lowest BCUT2D eigenvalue weighted by Gasteiger charge is -2.48. The number of pyridine rings is 3. The summed E-state index contributed by atoms with van der Waals surface area (Å²) in [6, 6.07) is 102. The van der Waals surface area contributed by atoms with Crippen molar-refractivity contribution < 1.29 is 0 Å². The molecule has 476 valence electrons. The van der Waals surface area contributed by atoms with Gasteiger partial charge in [-0.15, -0.1) is 0 Å². The average molecular weight is 1270 g/mol. The second kappa shape index (κ2) is 23.0. The monoisotopic (exact) mass is 1270 g/mol. The van der Waals surface area contributed by atoms with Crippen LogP contribution in [0.4, 0.5) is 120 Å². The summed E-state index contributed by atoms with van der Waals surface area (Å²) in [6.45, 7) is 20.1. The third kappa shape index (κ3) is 9.97. The molecule has 0 fully saturated rings. The van der Waals surface area contributed by atoms with E-state index in [0.717, 1.165) is 136 Å². The minimum Gasteiger partial charge on any atom is -0.311 e. The van der Waals surface area contributed by atoms with Crippen LogP contribution in [0.2, 0.25) is 0 Å². The molecule has 13 aromatic rings. The zero-order valence-corrected chi connectivity index (χ0v) is 56.8. The van der Waals surface area contributed by atoms with Crippen LogP contribution in [0.3, 0.4) is 0 Å². The first-order chi connectivity index (χ1) is 47.5. The lowest BCUT2D eigenvalue weighted by Crippen LogP contribution is -2.62. The quantitative estimate of drug-likeness (QED) is 0.124. The van der Waals surface area contributed by atoms with E-state index in [-0.39, 0.29) is 23.0 Å². The number of hydrogen-bond acceptors (Lipinski definition) is 10. The Morgan fingerprint density at radius 1 is 0.296 bits per heavy atom. The Kier molecular flexibility index (Phi) is 14.1. The smallest absolute Gasteiger partial charge is 0.258 e. The van der Waals surface area contributed by atoms with Gasteiger partial charge in [-0.25, -0.2) is 9.97 Å². The molecule has 0 amide bonds. The van der Waals surface area contributed by atoms with Crippen LogP contribution in [0.1, 0.15) is 79.0 Å². The molecule has 0 N–H and O–H groups in total. The molecule has 0 saturated heterocycles. The predicted molar refractivity (Wildman–Crippen MR) is 410 cm³/mol. The van der Waals surface area contributed by atoms with Crippen LogP contribution in [-0.4, -0.2) is 21.7 Å². The van der Waals surface area contributed by atoms with E-state index in [1.54, 1.807) is 0 Å². The summed E-state index contributed by atoms with van der Waals surface area (Å²) in [7, 11) is 0. The first-order valence-corrected chi connectivity index (χ1v) is 34.0. The van der Waals surface area contributed by atoms with Crippen LogP contribution in [0, 0.1) is 0 Å². The molecule has 0 saturated carbocycles. The molecule has 7 heterocycles. The number of aromatic nitrogens is 3. The van der Waals surface area contributed by atoms with Gasteiger partial charge in [-0.1, -0.05) is 202 Å². The number of rotatable bonds is 10. The van der Waals surface area contributed by atoms with Crippen LogP contribution >= 0.6 is 0 Å². The van der Waals surface area contributed by atoms with E-state index in [0.29, 0.717) is 0 Å². The van der Waals surface area contributed by atoms with Gasteiger partial charge in [0.05, 0.1) is 39.8 Å². The highest BCUT2D eigenvalue weighted by Gasteiger charge is 2.49. The number of anilines is 21. The molecular weight excluding hydrogens is 1200 g/mol. The minimum absolute atomic E-state index is 0.0399. The molecule has 0 atom stereocenters. The molecule has 17 rings (SSSR count). The highest BCUT2D eigenvalue weighted by Crippen LogP contribution is 2.65. The summed E-state index contributed by atoms with van der Waals surface area (Å²) in [5, 5.41) is 0. The van der Waals surface area contributed by atoms with Crippen molar-refractivity contribution >= 4 is 143 Å². The number of hydrogen-bond donors (Lipinski definition) is 0. The van der Waals surface area contributed by atoms with Crippen molar-refractivity contribution in [2.24, 2.45) is 0 Å². The maximum atomic E-state index is 6.35. The Labute approximate surface area is 575 Å². The van der Waals surface area contributed by atoms with Gasteiger partial charge in [0.1, 0.15) is 17.5 Å². The largest absolute Gasteiger partial charge is 0.311 e. The summed E-state index contributed by atoms with van der Waals surface area (Å²) in [6.07, 6.45) is 4.02. The predicted octanol–water partition coefficient (Wildman–Crippen LogP) is 21.8. The first kappa shape index (κ1) is 60.0. The van der Waals surface area contributed by atoms with Gasteiger partial charge in [0, 0.05) is 75.3 Å². The highest BCUT2D eigenvalue weighted by atomic mass is 15.4. The van der Waals surface area contributed by atoms with Crippen molar-refractivity contribution in [3.05, 3.63) is 308 Å². The van der Waals surface area contributed by atoms with E-state index >= 15 is 0 Å². The zero-order chi connectivity index (χ0) is 66.8. The molecule has 4 aliphatic rings. The van der Waals surface area contributed by atoms with Crippen molar-refractivity contribution in [3.8, 4) is 0 Å². The molecule has 0 aliphatic carbocycles. The molecule has 10 aromatic carbocycles. The van der Waals surface area contributed by atoms with Gasteiger partial charge in [-0.2, -0.15) is 0 Å². The Morgan fingerprint density at radius 3 is 1.24 bits per heavy atom. The number of benzene rings is 10. The summed E-state index contributed by atoms with van der Waals surface area (Å²) < 4.78 is 0. The third-order valence-electron chi connectivity index (χ3n) is 19.7. The normalized spacial score (nSPS) is 13.4. The zero-order valence-electron chi connectivity index (χ0n) is 56.8. The topological polar surface area (TPSA) is 61.4 Å². The molecule has 3 aromatic heterocycles. The lowest BCUT2D eigenvalue weighted by molar-refractivity contribution is 0.590. The van der Waals surface area contributed by atoms with Crippen molar-refractivity contribution in [1.82, 2.24) is 15.0 Å². The summed E-state index contributed by atoms with van der Waals surface area (Å²) in [5.41, 5.74) is 23.9. The molecular formula is C87H75BN10. The maximum absolute atomic E-state index is 6.35. The summed E-state index contributed by atoms with van der Waals surface area (Å²) in [4.78, 5) is 34.3. The fourth-order valence-corrected chi connectivity index (χ4v) is 14.9. The molecule has 0 radical (unpaired) electrons. The summed E-state index contributed by atoms with van der Waals surface area (Å²) in [5.74, 6) is 3.06. The first-order valence-electron chi connectivity index (χ1n) is 34.0. The van der Waals surface area contributed by atoms with Crippen LogP contribution in [-0.2, 0) is 16.2 Å². The van der Waals surface area contributed by atoms with Gasteiger partial charge in [-0.05, 0) is 183 Å². The van der Waals surface area contributed by atoms with Gasteiger partial charge >= 0.3 is 0 Å². The lowest BCUT2D eigenvalue weighted by atomic mass is 9.34. The Balaban J connectivity index is 0.981. The van der Waals surface area contributed by atoms with Crippen molar-refractivity contribution in [1.29, 1.82) is 0 Å². The molecule has 0 bridgehead atoms. The van der Waals surface area contributed by atoms with E-state index in [9.17, 15) is 0 Å². The summed E-state index contributed by atoms with van der Waals surface area (Å²) >= 11 is 0. The standard InChI is InChI=1S/C87H75BN10/c1-85(2,3)58-39-45-66(46-40-58)92(61-27-15-10-16-28-61)69-53-76-81-77(54-69)96(64-33-21-13-22-34-64)83-78(98(81)74-38-26-25-37-73(74)95(76)68-49-43-60(44-50-68)87(7,8)9)55-70-82(91-83)97(65-35-23-14-24-36-65)84-80-75(56-79(90-84)93(62-29-17-11-18-30-62)63-31-19-12-20-32-63)94(72-51-52-89-57-71(72)88(70)80)67-47-41-59(42-48-67)86(4,5)6/h10-57H,1-9H3. The second-order valence-electron chi connectivity index (χ2n) is 29.1. The average Bonchev–Trinajstić information content (AvgIpc) is 0.685. The maximum Gasteiger partial charge on any atom is 0.258 e. The van der Waals surface area contributed by atoms with E-state index in [1.165, 1.54) is 16.7 Å². The molecule has 11 heteroatoms. The van der Waals surface area contributed by atoms with E-state index in [2.05, 4.69) is 382 Å². The van der Waals surface area contributed by atoms with Gasteiger partial charge < -0.3 is 19.6 Å². The Morgan fingerprint density at radius 2 is 0.724 bits per heavy atom. The Hall–Kier alpha value is -11.7. The van der Waals surface area contributed by atoms with E-state index < -0.39 is 0 Å². The number of para-hydroxylation sites is 7. The molecule has 0 unspecified atom stereocenters. The van der Waals surface area contributed by atoms with Gasteiger partial charge in [0.15, 0.2) is 5.82 Å². The molecule has 4 aliphatic heterocycles. The molecule has 10 nitrogen and oxygen atoms in total. The second-order valence-corrected chi connectivity index (χ2v) is 29.1. The minimum atomic E-state index is -0.389. The van der Waals surface area contributed by atoms with Crippen LogP contribution in [0.15, 0.2) is 291 Å². The van der Waals surface area contributed by atoms with E-state index in [1.807, 2.05) is 6.20 Å². The fraction of sp³-hybridized carbons (Fsp3) is 0.138. The van der Waals surface area contributed by atoms with Crippen LogP contribution < -0.4 is 50.7 Å². The number of fused-ring (bicyclic) bond motifs is 8. The van der Waals surface area contributed by atoms with Gasteiger partial charge in [-0.3, -0.25) is 19.7 Å². The van der Waals surface area contributed by atoms with Gasteiger partial charge in [0.2, 0.25) is 0 Å². The van der Waals surface area contributed by atoms with Crippen molar-refractivity contribution in [2.75, 3.05) is 34.3 Å². The Bertz CT molecular complexity index is 5130.